The fourth-order valence-corrected chi connectivity index (χ4v) is 4.15. The van der Waals surface area contributed by atoms with E-state index in [1.165, 1.54) is 30.7 Å². The molecule has 1 heterocycles. The van der Waals surface area contributed by atoms with Gasteiger partial charge in [-0.25, -0.2) is 0 Å². The van der Waals surface area contributed by atoms with Crippen molar-refractivity contribution >= 4 is 11.8 Å². The first-order chi connectivity index (χ1) is 10.1. The average molecular weight is 305 g/mol. The second kappa shape index (κ2) is 5.94. The largest absolute Gasteiger partial charge is 0.305 e. The Labute approximate surface area is 133 Å². The highest BCUT2D eigenvalue weighted by Gasteiger charge is 2.50. The summed E-state index contributed by atoms with van der Waals surface area (Å²) in [4.78, 5) is 2.77. The van der Waals surface area contributed by atoms with E-state index >= 15 is 0 Å². The third-order valence-electron chi connectivity index (χ3n) is 5.50. The number of piperazine rings is 1. The molecule has 0 radical (unpaired) electrons. The van der Waals surface area contributed by atoms with E-state index in [4.69, 9.17) is 0 Å². The molecule has 0 amide bonds. The molecule has 0 bridgehead atoms. The van der Waals surface area contributed by atoms with Crippen molar-refractivity contribution in [1.29, 1.82) is 0 Å². The molecule has 1 aliphatic heterocycles. The molecule has 3 heteroatoms. The Morgan fingerprint density at radius 3 is 2.57 bits per heavy atom. The predicted octanol–water partition coefficient (Wildman–Crippen LogP) is 3.34. The highest BCUT2D eigenvalue weighted by molar-refractivity contribution is 7.98. The third-order valence-corrected chi connectivity index (χ3v) is 6.09. The minimum absolute atomic E-state index is 0.0774. The Balaban J connectivity index is 1.81. The molecule has 1 saturated carbocycles. The van der Waals surface area contributed by atoms with Gasteiger partial charge in [-0.2, -0.15) is 11.8 Å². The first-order valence-corrected chi connectivity index (χ1v) is 9.52. The fourth-order valence-electron chi connectivity index (χ4n) is 3.75. The van der Waals surface area contributed by atoms with Crippen LogP contribution in [0.2, 0.25) is 0 Å². The lowest BCUT2D eigenvalue weighted by Crippen LogP contribution is -2.68. The number of nitrogens with zero attached hydrogens (tertiary/aromatic N) is 1. The summed E-state index contributed by atoms with van der Waals surface area (Å²) in [5.41, 5.74) is 1.84. The van der Waals surface area contributed by atoms with Gasteiger partial charge in [0.1, 0.15) is 0 Å². The SMILES string of the molecule is CSCCN1CC(C)(c2ccccc2)NCC1(C)C1CC1. The monoisotopic (exact) mass is 304 g/mol. The van der Waals surface area contributed by atoms with Crippen LogP contribution >= 0.6 is 11.8 Å². The molecular weight excluding hydrogens is 276 g/mol. The molecule has 2 nitrogen and oxygen atoms in total. The Morgan fingerprint density at radius 1 is 1.24 bits per heavy atom. The first kappa shape index (κ1) is 15.4. The molecule has 1 aromatic rings. The molecule has 0 aromatic heterocycles. The summed E-state index contributed by atoms with van der Waals surface area (Å²) in [6.45, 7) is 8.27. The molecule has 2 fully saturated rings. The van der Waals surface area contributed by atoms with Crippen LogP contribution in [0.1, 0.15) is 32.3 Å². The van der Waals surface area contributed by atoms with Gasteiger partial charge in [0.15, 0.2) is 0 Å². The number of hydrogen-bond acceptors (Lipinski definition) is 3. The van der Waals surface area contributed by atoms with Crippen LogP contribution in [0, 0.1) is 5.92 Å². The number of nitrogens with one attached hydrogen (secondary N) is 1. The van der Waals surface area contributed by atoms with Gasteiger partial charge in [-0.05, 0) is 44.4 Å². The van der Waals surface area contributed by atoms with Crippen molar-refractivity contribution < 1.29 is 0 Å². The van der Waals surface area contributed by atoms with Gasteiger partial charge < -0.3 is 5.32 Å². The van der Waals surface area contributed by atoms with Crippen LogP contribution in [0.15, 0.2) is 30.3 Å². The van der Waals surface area contributed by atoms with Gasteiger partial charge in [0, 0.05) is 30.9 Å². The van der Waals surface area contributed by atoms with Gasteiger partial charge >= 0.3 is 0 Å². The van der Waals surface area contributed by atoms with E-state index < -0.39 is 0 Å². The van der Waals surface area contributed by atoms with E-state index in [0.717, 1.165) is 19.0 Å². The summed E-state index contributed by atoms with van der Waals surface area (Å²) < 4.78 is 0. The van der Waals surface area contributed by atoms with Crippen LogP contribution < -0.4 is 5.32 Å². The number of thioether (sulfide) groups is 1. The molecule has 3 rings (SSSR count). The lowest BCUT2D eigenvalue weighted by atomic mass is 9.82. The van der Waals surface area contributed by atoms with Crippen molar-refractivity contribution in [2.75, 3.05) is 31.6 Å². The van der Waals surface area contributed by atoms with E-state index in [-0.39, 0.29) is 5.54 Å². The van der Waals surface area contributed by atoms with Crippen molar-refractivity contribution in [3.8, 4) is 0 Å². The Bertz CT molecular complexity index is 473. The Morgan fingerprint density at radius 2 is 1.95 bits per heavy atom. The van der Waals surface area contributed by atoms with Gasteiger partial charge in [0.2, 0.25) is 0 Å². The van der Waals surface area contributed by atoms with Crippen LogP contribution in [-0.4, -0.2) is 42.1 Å². The molecule has 2 atom stereocenters. The number of rotatable bonds is 5. The van der Waals surface area contributed by atoms with E-state index in [9.17, 15) is 0 Å². The topological polar surface area (TPSA) is 15.3 Å². The molecule has 116 valence electrons. The maximum atomic E-state index is 3.88. The second-order valence-corrected chi connectivity index (χ2v) is 8.08. The lowest BCUT2D eigenvalue weighted by Gasteiger charge is -2.53. The lowest BCUT2D eigenvalue weighted by molar-refractivity contribution is 0.0100. The zero-order valence-electron chi connectivity index (χ0n) is 13.6. The van der Waals surface area contributed by atoms with Gasteiger partial charge in [-0.15, -0.1) is 0 Å². The van der Waals surface area contributed by atoms with Crippen LogP contribution in [0.25, 0.3) is 0 Å². The van der Waals surface area contributed by atoms with E-state index in [0.29, 0.717) is 5.54 Å². The summed E-state index contributed by atoms with van der Waals surface area (Å²) >= 11 is 1.96. The zero-order chi connectivity index (χ0) is 14.9. The fraction of sp³-hybridized carbons (Fsp3) is 0.667. The number of hydrogen-bond donors (Lipinski definition) is 1. The molecular formula is C18H28N2S. The summed E-state index contributed by atoms with van der Waals surface area (Å²) in [6, 6.07) is 10.9. The van der Waals surface area contributed by atoms with Crippen molar-refractivity contribution in [2.45, 2.75) is 37.8 Å². The van der Waals surface area contributed by atoms with Crippen LogP contribution in [0.3, 0.4) is 0 Å². The smallest absolute Gasteiger partial charge is 0.0535 e. The molecule has 1 saturated heterocycles. The summed E-state index contributed by atoms with van der Waals surface area (Å²) in [5.74, 6) is 2.12. The van der Waals surface area contributed by atoms with Crippen molar-refractivity contribution in [1.82, 2.24) is 10.2 Å². The molecule has 2 unspecified atom stereocenters. The van der Waals surface area contributed by atoms with E-state index in [2.05, 4.69) is 60.7 Å². The highest BCUT2D eigenvalue weighted by Crippen LogP contribution is 2.45. The van der Waals surface area contributed by atoms with Crippen molar-refractivity contribution in [3.63, 3.8) is 0 Å². The molecule has 0 spiro atoms. The maximum Gasteiger partial charge on any atom is 0.0535 e. The van der Waals surface area contributed by atoms with Gasteiger partial charge in [-0.1, -0.05) is 30.3 Å². The van der Waals surface area contributed by atoms with Gasteiger partial charge in [0.05, 0.1) is 5.54 Å². The molecule has 1 N–H and O–H groups in total. The van der Waals surface area contributed by atoms with Crippen LogP contribution in [-0.2, 0) is 5.54 Å². The Kier molecular flexibility index (Phi) is 4.35. The Hall–Kier alpha value is -0.510. The summed E-state index contributed by atoms with van der Waals surface area (Å²) in [6.07, 6.45) is 5.04. The highest BCUT2D eigenvalue weighted by atomic mass is 32.2. The predicted molar refractivity (Wildman–Crippen MR) is 92.9 cm³/mol. The molecule has 1 aliphatic carbocycles. The summed E-state index contributed by atoms with van der Waals surface area (Å²) in [7, 11) is 0. The van der Waals surface area contributed by atoms with E-state index in [1.807, 2.05) is 11.8 Å². The zero-order valence-corrected chi connectivity index (χ0v) is 14.4. The average Bonchev–Trinajstić information content (AvgIpc) is 3.35. The normalized spacial score (nSPS) is 34.0. The minimum Gasteiger partial charge on any atom is -0.305 e. The van der Waals surface area contributed by atoms with Crippen LogP contribution in [0.5, 0.6) is 0 Å². The van der Waals surface area contributed by atoms with Crippen molar-refractivity contribution in [3.05, 3.63) is 35.9 Å². The quantitative estimate of drug-likeness (QED) is 0.898. The van der Waals surface area contributed by atoms with Gasteiger partial charge in [-0.3, -0.25) is 4.90 Å². The minimum atomic E-state index is 0.0774. The van der Waals surface area contributed by atoms with Crippen LogP contribution in [0.4, 0.5) is 0 Å². The second-order valence-electron chi connectivity index (χ2n) is 7.10. The molecule has 21 heavy (non-hydrogen) atoms. The standard InChI is InChI=1S/C18H28N2S/c1-17(15-7-5-4-6-8-15)14-20(11-12-21-3)18(2,13-19-17)16-9-10-16/h4-8,16,19H,9-14H2,1-3H3. The van der Waals surface area contributed by atoms with Crippen molar-refractivity contribution in [2.24, 2.45) is 5.92 Å². The van der Waals surface area contributed by atoms with E-state index in [1.54, 1.807) is 0 Å². The molecule has 2 aliphatic rings. The molecule has 1 aromatic carbocycles. The summed E-state index contributed by atoms with van der Waals surface area (Å²) in [5, 5.41) is 3.88. The van der Waals surface area contributed by atoms with Gasteiger partial charge in [0.25, 0.3) is 0 Å². The number of benzene rings is 1. The third kappa shape index (κ3) is 3.01. The maximum absolute atomic E-state index is 3.88. The first-order valence-electron chi connectivity index (χ1n) is 8.13.